The van der Waals surface area contributed by atoms with Gasteiger partial charge in [-0.05, 0) is 37.8 Å². The van der Waals surface area contributed by atoms with Crippen LogP contribution in [0.4, 0.5) is 0 Å². The Labute approximate surface area is 168 Å². The molecule has 2 fully saturated rings. The van der Waals surface area contributed by atoms with E-state index < -0.39 is 0 Å². The summed E-state index contributed by atoms with van der Waals surface area (Å²) in [4.78, 5) is 0. The van der Waals surface area contributed by atoms with Crippen LogP contribution >= 0.6 is 0 Å². The van der Waals surface area contributed by atoms with Crippen LogP contribution in [0, 0.1) is 0 Å². The lowest BCUT2D eigenvalue weighted by Crippen LogP contribution is -2.39. The van der Waals surface area contributed by atoms with E-state index in [1.54, 1.807) is 7.11 Å². The van der Waals surface area contributed by atoms with Gasteiger partial charge in [-0.3, -0.25) is 0 Å². The Kier molecular flexibility index (Phi) is 6.18. The summed E-state index contributed by atoms with van der Waals surface area (Å²) in [6.45, 7) is 2.27. The lowest BCUT2D eigenvalue weighted by atomic mass is 9.87. The van der Waals surface area contributed by atoms with E-state index in [2.05, 4.69) is 41.7 Å². The molecule has 150 valence electrons. The second-order valence-electron chi connectivity index (χ2n) is 7.90. The predicted octanol–water partition coefficient (Wildman–Crippen LogP) is 4.81. The Hall–Kier alpha value is -2.04. The maximum absolute atomic E-state index is 6.13. The molecule has 4 heteroatoms. The van der Waals surface area contributed by atoms with E-state index in [1.807, 2.05) is 12.1 Å². The Balaban J connectivity index is 1.49. The van der Waals surface area contributed by atoms with Gasteiger partial charge in [0, 0.05) is 29.8 Å². The van der Waals surface area contributed by atoms with Crippen LogP contribution in [0.1, 0.15) is 49.7 Å². The van der Waals surface area contributed by atoms with Gasteiger partial charge in [0.2, 0.25) is 0 Å². The molecule has 0 unspecified atom stereocenters. The quantitative estimate of drug-likeness (QED) is 0.712. The smallest absolute Gasteiger partial charge is 0.123 e. The fraction of sp³-hybridized carbons (Fsp3) is 0.500. The summed E-state index contributed by atoms with van der Waals surface area (Å²) >= 11 is 0. The highest BCUT2D eigenvalue weighted by Gasteiger charge is 2.37. The predicted molar refractivity (Wildman–Crippen MR) is 111 cm³/mol. The molecule has 4 nitrogen and oxygen atoms in total. The Morgan fingerprint density at radius 3 is 2.50 bits per heavy atom. The fourth-order valence-electron chi connectivity index (χ4n) is 4.57. The van der Waals surface area contributed by atoms with Crippen molar-refractivity contribution >= 4 is 0 Å². The first-order chi connectivity index (χ1) is 13.8. The molecule has 2 aromatic rings. The van der Waals surface area contributed by atoms with Gasteiger partial charge in [0.25, 0.3) is 0 Å². The standard InChI is InChI=1S/C24H31NO3/c1-26-23-13-5-3-11-21(23)24(14-6-7-15-24)25-17-19-9-2-4-12-22(19)28-18-20-10-8-16-27-20/h2-5,9,11-13,20,25H,6-8,10,14-18H2,1H3/t20-/m0/s1. The summed E-state index contributed by atoms with van der Waals surface area (Å²) in [7, 11) is 1.76. The molecular weight excluding hydrogens is 350 g/mol. The lowest BCUT2D eigenvalue weighted by Gasteiger charge is -2.33. The van der Waals surface area contributed by atoms with E-state index in [0.717, 1.165) is 50.3 Å². The van der Waals surface area contributed by atoms with Crippen LogP contribution in [0.25, 0.3) is 0 Å². The van der Waals surface area contributed by atoms with Crippen molar-refractivity contribution in [1.82, 2.24) is 5.32 Å². The minimum absolute atomic E-state index is 0.0335. The first kappa shape index (κ1) is 19.3. The third-order valence-corrected chi connectivity index (χ3v) is 6.12. The summed E-state index contributed by atoms with van der Waals surface area (Å²) in [5, 5.41) is 3.88. The van der Waals surface area contributed by atoms with E-state index in [9.17, 15) is 0 Å². The molecule has 28 heavy (non-hydrogen) atoms. The number of nitrogens with one attached hydrogen (secondary N) is 1. The second kappa shape index (κ2) is 8.97. The topological polar surface area (TPSA) is 39.7 Å². The van der Waals surface area contributed by atoms with Crippen LogP contribution in [-0.4, -0.2) is 26.4 Å². The molecule has 0 amide bonds. The van der Waals surface area contributed by atoms with Gasteiger partial charge in [-0.2, -0.15) is 0 Å². The van der Waals surface area contributed by atoms with Gasteiger partial charge in [-0.15, -0.1) is 0 Å². The van der Waals surface area contributed by atoms with Crippen LogP contribution < -0.4 is 14.8 Å². The van der Waals surface area contributed by atoms with Gasteiger partial charge < -0.3 is 19.5 Å². The van der Waals surface area contributed by atoms with Crippen LogP contribution in [-0.2, 0) is 16.8 Å². The fourth-order valence-corrected chi connectivity index (χ4v) is 4.57. The summed E-state index contributed by atoms with van der Waals surface area (Å²) in [5.74, 6) is 1.93. The van der Waals surface area contributed by atoms with Gasteiger partial charge in [0.05, 0.1) is 13.2 Å². The van der Waals surface area contributed by atoms with Crippen molar-refractivity contribution in [1.29, 1.82) is 0 Å². The van der Waals surface area contributed by atoms with E-state index in [1.165, 1.54) is 24.0 Å². The molecule has 1 aliphatic carbocycles. The molecule has 0 aromatic heterocycles. The average Bonchev–Trinajstić information content (AvgIpc) is 3.44. The zero-order valence-corrected chi connectivity index (χ0v) is 16.8. The molecule has 1 saturated carbocycles. The van der Waals surface area contributed by atoms with Crippen molar-refractivity contribution in [3.05, 3.63) is 59.7 Å². The van der Waals surface area contributed by atoms with Gasteiger partial charge in [-0.1, -0.05) is 49.2 Å². The van der Waals surface area contributed by atoms with Gasteiger partial charge >= 0.3 is 0 Å². The van der Waals surface area contributed by atoms with E-state index in [0.29, 0.717) is 6.61 Å². The molecule has 0 bridgehead atoms. The number of ether oxygens (including phenoxy) is 3. The van der Waals surface area contributed by atoms with Crippen molar-refractivity contribution in [3.8, 4) is 11.5 Å². The highest BCUT2D eigenvalue weighted by molar-refractivity contribution is 5.40. The maximum Gasteiger partial charge on any atom is 0.123 e. The Morgan fingerprint density at radius 1 is 1.00 bits per heavy atom. The van der Waals surface area contributed by atoms with Crippen LogP contribution in [0.3, 0.4) is 0 Å². The van der Waals surface area contributed by atoms with Gasteiger partial charge in [-0.25, -0.2) is 0 Å². The van der Waals surface area contributed by atoms with Gasteiger partial charge in [0.1, 0.15) is 18.1 Å². The molecule has 2 aliphatic rings. The monoisotopic (exact) mass is 381 g/mol. The van der Waals surface area contributed by atoms with Crippen LogP contribution in [0.15, 0.2) is 48.5 Å². The largest absolute Gasteiger partial charge is 0.496 e. The van der Waals surface area contributed by atoms with Crippen molar-refractivity contribution in [2.45, 2.75) is 56.7 Å². The number of benzene rings is 2. The summed E-state index contributed by atoms with van der Waals surface area (Å²) < 4.78 is 17.5. The van der Waals surface area contributed by atoms with Gasteiger partial charge in [0.15, 0.2) is 0 Å². The first-order valence-corrected chi connectivity index (χ1v) is 10.5. The van der Waals surface area contributed by atoms with Crippen molar-refractivity contribution in [2.75, 3.05) is 20.3 Å². The molecule has 0 spiro atoms. The van der Waals surface area contributed by atoms with Crippen molar-refractivity contribution < 1.29 is 14.2 Å². The molecule has 1 aliphatic heterocycles. The normalized spacial score (nSPS) is 21.0. The maximum atomic E-state index is 6.13. The van der Waals surface area contributed by atoms with Crippen molar-refractivity contribution in [2.24, 2.45) is 0 Å². The SMILES string of the molecule is COc1ccccc1C1(NCc2ccccc2OC[C@@H]2CCCO2)CCCC1. The molecular formula is C24H31NO3. The van der Waals surface area contributed by atoms with E-state index in [4.69, 9.17) is 14.2 Å². The molecule has 4 rings (SSSR count). The third kappa shape index (κ3) is 4.18. The average molecular weight is 382 g/mol. The molecule has 1 heterocycles. The molecule has 1 atom stereocenters. The number of rotatable bonds is 8. The summed E-state index contributed by atoms with van der Waals surface area (Å²) in [6.07, 6.45) is 7.20. The van der Waals surface area contributed by atoms with Crippen molar-refractivity contribution in [3.63, 3.8) is 0 Å². The molecule has 2 aromatic carbocycles. The van der Waals surface area contributed by atoms with Crippen LogP contribution in [0.5, 0.6) is 11.5 Å². The Morgan fingerprint density at radius 2 is 1.75 bits per heavy atom. The lowest BCUT2D eigenvalue weighted by molar-refractivity contribution is 0.0675. The number of hydrogen-bond donors (Lipinski definition) is 1. The number of hydrogen-bond acceptors (Lipinski definition) is 4. The zero-order valence-electron chi connectivity index (χ0n) is 16.8. The number of para-hydroxylation sites is 2. The van der Waals surface area contributed by atoms with E-state index >= 15 is 0 Å². The number of methoxy groups -OCH3 is 1. The molecule has 1 N–H and O–H groups in total. The first-order valence-electron chi connectivity index (χ1n) is 10.5. The highest BCUT2D eigenvalue weighted by atomic mass is 16.5. The summed E-state index contributed by atoms with van der Waals surface area (Å²) in [6, 6.07) is 16.8. The van der Waals surface area contributed by atoms with Crippen LogP contribution in [0.2, 0.25) is 0 Å². The Bertz CT molecular complexity index is 764. The molecule has 0 radical (unpaired) electrons. The highest BCUT2D eigenvalue weighted by Crippen LogP contribution is 2.43. The third-order valence-electron chi connectivity index (χ3n) is 6.12. The minimum Gasteiger partial charge on any atom is -0.496 e. The minimum atomic E-state index is -0.0335. The van der Waals surface area contributed by atoms with E-state index in [-0.39, 0.29) is 11.6 Å². The zero-order chi connectivity index (χ0) is 19.2. The second-order valence-corrected chi connectivity index (χ2v) is 7.90. The summed E-state index contributed by atoms with van der Waals surface area (Å²) in [5.41, 5.74) is 2.43. The molecule has 1 saturated heterocycles.